The molecule has 1 heterocycles. The maximum Gasteiger partial charge on any atom is 0.145 e. The van der Waals surface area contributed by atoms with Crippen molar-refractivity contribution >= 4 is 5.71 Å². The summed E-state index contributed by atoms with van der Waals surface area (Å²) in [6, 6.07) is 26.4. The number of hydrogen-bond donors (Lipinski definition) is 0. The molecule has 1 aromatic heterocycles. The van der Waals surface area contributed by atoms with Crippen LogP contribution < -0.4 is 4.74 Å². The first-order valence-electron chi connectivity index (χ1n) is 10.4. The summed E-state index contributed by atoms with van der Waals surface area (Å²) in [5.41, 5.74) is 6.59. The number of ether oxygens (including phenoxy) is 1. The minimum atomic E-state index is -0.258. The van der Waals surface area contributed by atoms with E-state index < -0.39 is 0 Å². The lowest BCUT2D eigenvalue weighted by atomic mass is 10.1. The fourth-order valence-electron chi connectivity index (χ4n) is 3.79. The molecule has 0 amide bonds. The van der Waals surface area contributed by atoms with Crippen molar-refractivity contribution in [3.05, 3.63) is 108 Å². The van der Waals surface area contributed by atoms with Gasteiger partial charge in [-0.3, -0.25) is 0 Å². The van der Waals surface area contributed by atoms with Gasteiger partial charge in [-0.25, -0.2) is 4.39 Å². The van der Waals surface area contributed by atoms with Gasteiger partial charge in [-0.15, -0.1) is 0 Å². The van der Waals surface area contributed by atoms with Crippen LogP contribution in [0.4, 0.5) is 4.39 Å². The van der Waals surface area contributed by atoms with Gasteiger partial charge < -0.3 is 14.1 Å². The van der Waals surface area contributed by atoms with Crippen LogP contribution in [0.2, 0.25) is 0 Å². The van der Waals surface area contributed by atoms with Crippen molar-refractivity contribution in [1.82, 2.24) is 4.57 Å². The molecule has 32 heavy (non-hydrogen) atoms. The van der Waals surface area contributed by atoms with Crippen LogP contribution in [0.25, 0.3) is 16.9 Å². The van der Waals surface area contributed by atoms with Crippen molar-refractivity contribution in [2.45, 2.75) is 20.5 Å². The summed E-state index contributed by atoms with van der Waals surface area (Å²) in [6.45, 7) is 4.29. The van der Waals surface area contributed by atoms with Crippen LogP contribution in [0.3, 0.4) is 0 Å². The van der Waals surface area contributed by atoms with Crippen LogP contribution in [0.5, 0.6) is 5.75 Å². The number of halogens is 1. The first-order chi connectivity index (χ1) is 15.6. The van der Waals surface area contributed by atoms with E-state index in [9.17, 15) is 4.39 Å². The second-order valence-electron chi connectivity index (χ2n) is 7.47. The quantitative estimate of drug-likeness (QED) is 0.247. The molecular formula is C27H25FN2O2. The Bertz CT molecular complexity index is 1230. The molecule has 0 saturated heterocycles. The van der Waals surface area contributed by atoms with Gasteiger partial charge in [-0.1, -0.05) is 41.6 Å². The average molecular weight is 429 g/mol. The molecule has 162 valence electrons. The molecule has 0 bridgehead atoms. The first kappa shape index (κ1) is 21.4. The third-order valence-electron chi connectivity index (χ3n) is 5.41. The van der Waals surface area contributed by atoms with E-state index in [-0.39, 0.29) is 5.82 Å². The molecule has 4 aromatic rings. The largest absolute Gasteiger partial charge is 0.496 e. The highest BCUT2D eigenvalue weighted by Gasteiger charge is 2.17. The molecule has 0 fully saturated rings. The zero-order valence-electron chi connectivity index (χ0n) is 18.4. The van der Waals surface area contributed by atoms with Crippen molar-refractivity contribution in [3.8, 4) is 22.7 Å². The van der Waals surface area contributed by atoms with Crippen LogP contribution in [-0.4, -0.2) is 17.4 Å². The summed E-state index contributed by atoms with van der Waals surface area (Å²) in [5, 5.41) is 4.37. The molecule has 0 N–H and O–H groups in total. The third kappa shape index (κ3) is 4.42. The predicted octanol–water partition coefficient (Wildman–Crippen LogP) is 6.54. The van der Waals surface area contributed by atoms with Gasteiger partial charge in [0.15, 0.2) is 0 Å². The maximum absolute atomic E-state index is 13.5. The molecule has 4 rings (SSSR count). The number of methoxy groups -OCH3 is 1. The zero-order valence-corrected chi connectivity index (χ0v) is 18.4. The molecule has 0 radical (unpaired) electrons. The normalized spacial score (nSPS) is 11.4. The number of para-hydroxylation sites is 2. The number of aromatic nitrogens is 1. The topological polar surface area (TPSA) is 35.8 Å². The lowest BCUT2D eigenvalue weighted by molar-refractivity contribution is 0.128. The summed E-state index contributed by atoms with van der Waals surface area (Å²) in [4.78, 5) is 5.66. The van der Waals surface area contributed by atoms with Crippen LogP contribution in [-0.2, 0) is 11.4 Å². The molecule has 4 nitrogen and oxygen atoms in total. The highest BCUT2D eigenvalue weighted by atomic mass is 19.1. The summed E-state index contributed by atoms with van der Waals surface area (Å²) < 4.78 is 21.0. The van der Waals surface area contributed by atoms with Gasteiger partial charge in [-0.05, 0) is 67.9 Å². The minimum absolute atomic E-state index is 0.258. The summed E-state index contributed by atoms with van der Waals surface area (Å²) in [7, 11) is 1.64. The van der Waals surface area contributed by atoms with E-state index in [1.807, 2.05) is 49.4 Å². The molecule has 3 aromatic carbocycles. The molecule has 0 spiro atoms. The monoisotopic (exact) mass is 428 g/mol. The lowest BCUT2D eigenvalue weighted by Crippen LogP contribution is -2.02. The number of oxime groups is 1. The molecule has 0 atom stereocenters. The average Bonchev–Trinajstić information content (AvgIpc) is 3.17. The second kappa shape index (κ2) is 9.52. The van der Waals surface area contributed by atoms with Crippen molar-refractivity contribution in [1.29, 1.82) is 0 Å². The van der Waals surface area contributed by atoms with E-state index in [0.717, 1.165) is 45.2 Å². The Balaban J connectivity index is 1.69. The van der Waals surface area contributed by atoms with Crippen LogP contribution >= 0.6 is 0 Å². The Kier molecular flexibility index (Phi) is 6.36. The first-order valence-corrected chi connectivity index (χ1v) is 10.4. The van der Waals surface area contributed by atoms with Gasteiger partial charge in [0.1, 0.15) is 18.2 Å². The van der Waals surface area contributed by atoms with Crippen LogP contribution in [0, 0.1) is 12.7 Å². The van der Waals surface area contributed by atoms with Gasteiger partial charge in [0.25, 0.3) is 0 Å². The lowest BCUT2D eigenvalue weighted by Gasteiger charge is -2.12. The number of hydrogen-bond acceptors (Lipinski definition) is 3. The highest BCUT2D eigenvalue weighted by molar-refractivity contribution is 6.01. The Morgan fingerprint density at radius 1 is 0.938 bits per heavy atom. The maximum atomic E-state index is 13.5. The van der Waals surface area contributed by atoms with E-state index in [1.165, 1.54) is 12.1 Å². The molecule has 0 aliphatic heterocycles. The second-order valence-corrected chi connectivity index (χ2v) is 7.47. The SMILES string of the molecule is COc1ccccc1CO/N=C(\C)c1cc(-c2ccc(F)cc2)n(-c2ccccc2)c1C. The van der Waals surface area contributed by atoms with Crippen LogP contribution in [0.1, 0.15) is 23.7 Å². The van der Waals surface area contributed by atoms with Gasteiger partial charge in [0.05, 0.1) is 18.5 Å². The van der Waals surface area contributed by atoms with Gasteiger partial charge >= 0.3 is 0 Å². The van der Waals surface area contributed by atoms with E-state index in [0.29, 0.717) is 6.61 Å². The van der Waals surface area contributed by atoms with Gasteiger partial charge in [-0.2, -0.15) is 0 Å². The standard InChI is InChI=1S/C27H25FN2O2/c1-19(29-32-18-22-9-7-8-12-27(22)31-3)25-17-26(21-13-15-23(28)16-14-21)30(20(25)2)24-10-5-4-6-11-24/h4-17H,18H2,1-3H3/b29-19+. The zero-order chi connectivity index (χ0) is 22.5. The Morgan fingerprint density at radius 3 is 2.34 bits per heavy atom. The molecule has 0 saturated carbocycles. The van der Waals surface area contributed by atoms with Crippen molar-refractivity contribution in [2.24, 2.45) is 5.16 Å². The smallest absolute Gasteiger partial charge is 0.145 e. The highest BCUT2D eigenvalue weighted by Crippen LogP contribution is 2.30. The fourth-order valence-corrected chi connectivity index (χ4v) is 3.79. The molecule has 0 aliphatic carbocycles. The van der Waals surface area contributed by atoms with E-state index in [1.54, 1.807) is 19.2 Å². The fraction of sp³-hybridized carbons (Fsp3) is 0.148. The van der Waals surface area contributed by atoms with Crippen molar-refractivity contribution in [2.75, 3.05) is 7.11 Å². The third-order valence-corrected chi connectivity index (χ3v) is 5.41. The van der Waals surface area contributed by atoms with Gasteiger partial charge in [0, 0.05) is 22.5 Å². The summed E-state index contributed by atoms with van der Waals surface area (Å²) in [6.07, 6.45) is 0. The molecule has 0 aliphatic rings. The predicted molar refractivity (Wildman–Crippen MR) is 126 cm³/mol. The number of benzene rings is 3. The van der Waals surface area contributed by atoms with Crippen molar-refractivity contribution in [3.63, 3.8) is 0 Å². The van der Waals surface area contributed by atoms with Crippen LogP contribution in [0.15, 0.2) is 90.1 Å². The molecular weight excluding hydrogens is 403 g/mol. The van der Waals surface area contributed by atoms with Gasteiger partial charge in [0.2, 0.25) is 0 Å². The number of nitrogens with zero attached hydrogens (tertiary/aromatic N) is 2. The van der Waals surface area contributed by atoms with E-state index in [4.69, 9.17) is 9.57 Å². The minimum Gasteiger partial charge on any atom is -0.496 e. The van der Waals surface area contributed by atoms with E-state index in [2.05, 4.69) is 34.8 Å². The molecule has 5 heteroatoms. The van der Waals surface area contributed by atoms with Crippen molar-refractivity contribution < 1.29 is 14.0 Å². The Morgan fingerprint density at radius 2 is 1.62 bits per heavy atom. The Labute approximate surface area is 187 Å². The van der Waals surface area contributed by atoms with E-state index >= 15 is 0 Å². The summed E-state index contributed by atoms with van der Waals surface area (Å²) >= 11 is 0. The summed E-state index contributed by atoms with van der Waals surface area (Å²) in [5.74, 6) is 0.511. The Hall–Kier alpha value is -3.86. The number of rotatable bonds is 7. The molecule has 0 unspecified atom stereocenters.